The van der Waals surface area contributed by atoms with E-state index in [0.717, 1.165) is 32.1 Å². The van der Waals surface area contributed by atoms with Crippen LogP contribution in [0.3, 0.4) is 0 Å². The molecule has 10 heteroatoms. The molecule has 2 unspecified atom stereocenters. The zero-order valence-corrected chi connectivity index (χ0v) is 36.9. The summed E-state index contributed by atoms with van der Waals surface area (Å²) in [5.41, 5.74) is 0. The van der Waals surface area contributed by atoms with Crippen LogP contribution in [-0.4, -0.2) is 79.8 Å². The normalized spacial score (nSPS) is 15.4. The number of amides is 1. The highest BCUT2D eigenvalue weighted by Gasteiger charge is 2.23. The Kier molecular flexibility index (Phi) is 35.7. The standard InChI is InChI=1S/C45H85N2O7P/c1-6-8-10-12-14-16-18-20-21-23-25-27-29-31-33-37-44(49)43(41-54-55(51,52)53-40-39-47(3,4)5)46-45(50)38-34-36-42(48)35-32-30-28-26-24-22-19-17-15-13-11-9-7-2/h22,24,28,30,32-33,35,37,42-44,48-49H,6-21,23,25-27,29,31,34,36,38-41H2,1-5H3,(H-,46,50,51,52)/b24-22+,30-28+,35-32+,37-33+/t42?,43-,44+/m0/s1. The zero-order chi connectivity index (χ0) is 40.9. The van der Waals surface area contributed by atoms with Crippen LogP contribution in [0.2, 0.25) is 0 Å². The first-order valence-electron chi connectivity index (χ1n) is 22.1. The minimum Gasteiger partial charge on any atom is -0.756 e. The number of nitrogens with one attached hydrogen (secondary N) is 1. The van der Waals surface area contributed by atoms with Crippen molar-refractivity contribution in [2.45, 2.75) is 193 Å². The Morgan fingerprint density at radius 1 is 0.691 bits per heavy atom. The predicted octanol–water partition coefficient (Wildman–Crippen LogP) is 10.4. The molecule has 0 aliphatic carbocycles. The van der Waals surface area contributed by atoms with Crippen molar-refractivity contribution in [3.05, 3.63) is 48.6 Å². The van der Waals surface area contributed by atoms with Gasteiger partial charge in [-0.1, -0.05) is 172 Å². The molecule has 0 aliphatic rings. The van der Waals surface area contributed by atoms with E-state index in [0.29, 0.717) is 23.9 Å². The van der Waals surface area contributed by atoms with Crippen molar-refractivity contribution in [1.82, 2.24) is 5.32 Å². The van der Waals surface area contributed by atoms with Crippen LogP contribution in [0.5, 0.6) is 0 Å². The lowest BCUT2D eigenvalue weighted by Gasteiger charge is -2.29. The molecule has 4 atom stereocenters. The lowest BCUT2D eigenvalue weighted by molar-refractivity contribution is -0.870. The zero-order valence-electron chi connectivity index (χ0n) is 36.0. The summed E-state index contributed by atoms with van der Waals surface area (Å²) in [7, 11) is 1.14. The van der Waals surface area contributed by atoms with Gasteiger partial charge in [0.15, 0.2) is 0 Å². The molecule has 1 amide bonds. The molecular formula is C45H85N2O7P. The number of carbonyl (C=O) groups excluding carboxylic acids is 1. The summed E-state index contributed by atoms with van der Waals surface area (Å²) in [4.78, 5) is 25.3. The molecule has 0 rings (SSSR count). The van der Waals surface area contributed by atoms with Gasteiger partial charge >= 0.3 is 0 Å². The maximum absolute atomic E-state index is 12.8. The number of hydrogen-bond donors (Lipinski definition) is 3. The van der Waals surface area contributed by atoms with E-state index in [1.165, 1.54) is 109 Å². The maximum atomic E-state index is 12.8. The van der Waals surface area contributed by atoms with Crippen LogP contribution in [0.15, 0.2) is 48.6 Å². The van der Waals surface area contributed by atoms with Gasteiger partial charge in [0.25, 0.3) is 7.82 Å². The van der Waals surface area contributed by atoms with Crippen LogP contribution in [-0.2, 0) is 18.4 Å². The van der Waals surface area contributed by atoms with Crippen LogP contribution < -0.4 is 10.2 Å². The number of phosphoric acid groups is 1. The Balaban J connectivity index is 4.65. The fourth-order valence-corrected chi connectivity index (χ4v) is 6.77. The highest BCUT2D eigenvalue weighted by atomic mass is 31.2. The smallest absolute Gasteiger partial charge is 0.268 e. The van der Waals surface area contributed by atoms with Gasteiger partial charge in [-0.05, 0) is 44.9 Å². The van der Waals surface area contributed by atoms with Gasteiger partial charge in [0.05, 0.1) is 46.0 Å². The van der Waals surface area contributed by atoms with Crippen molar-refractivity contribution >= 4 is 13.7 Å². The van der Waals surface area contributed by atoms with E-state index in [1.807, 2.05) is 45.4 Å². The minimum absolute atomic E-state index is 0.0359. The number of nitrogens with zero attached hydrogens (tertiary/aromatic N) is 1. The molecule has 322 valence electrons. The molecule has 0 saturated heterocycles. The number of unbranched alkanes of at least 4 members (excludes halogenated alkanes) is 19. The van der Waals surface area contributed by atoms with E-state index >= 15 is 0 Å². The molecule has 0 aromatic rings. The van der Waals surface area contributed by atoms with Crippen molar-refractivity contribution in [1.29, 1.82) is 0 Å². The van der Waals surface area contributed by atoms with E-state index < -0.39 is 32.7 Å². The number of aliphatic hydroxyl groups is 2. The van der Waals surface area contributed by atoms with E-state index in [1.54, 1.807) is 12.2 Å². The molecule has 0 heterocycles. The molecule has 3 N–H and O–H groups in total. The largest absolute Gasteiger partial charge is 0.756 e. The molecule has 0 fully saturated rings. The van der Waals surface area contributed by atoms with E-state index in [9.17, 15) is 24.5 Å². The second-order valence-corrected chi connectivity index (χ2v) is 17.7. The molecule has 0 bridgehead atoms. The molecule has 0 spiro atoms. The number of carbonyl (C=O) groups is 1. The Morgan fingerprint density at radius 2 is 1.22 bits per heavy atom. The quantitative estimate of drug-likeness (QED) is 0.0186. The first-order chi connectivity index (χ1) is 26.4. The SMILES string of the molecule is CCCCCCCC/C=C/C/C=C/C=C/C(O)CCCC(=O)N[C@@H](COP(=O)([O-])OCC[N+](C)(C)C)[C@H](O)/C=C/CCCCCCCCCCCCCCC. The van der Waals surface area contributed by atoms with E-state index in [2.05, 4.69) is 31.3 Å². The Hall–Kier alpha value is -1.58. The minimum atomic E-state index is -4.64. The number of hydrogen-bond acceptors (Lipinski definition) is 7. The third-order valence-corrected chi connectivity index (χ3v) is 10.6. The summed E-state index contributed by atoms with van der Waals surface area (Å²) in [6.07, 6.45) is 41.8. The van der Waals surface area contributed by atoms with Crippen molar-refractivity contribution in [2.75, 3.05) is 40.9 Å². The van der Waals surface area contributed by atoms with Crippen LogP contribution in [0, 0.1) is 0 Å². The molecule has 0 radical (unpaired) electrons. The van der Waals surface area contributed by atoms with Gasteiger partial charge in [-0.3, -0.25) is 9.36 Å². The Labute approximate surface area is 338 Å². The number of rotatable bonds is 39. The maximum Gasteiger partial charge on any atom is 0.268 e. The summed E-state index contributed by atoms with van der Waals surface area (Å²) in [5.74, 6) is -0.354. The van der Waals surface area contributed by atoms with Gasteiger partial charge in [0.1, 0.15) is 13.2 Å². The molecule has 9 nitrogen and oxygen atoms in total. The molecule has 0 aliphatic heterocycles. The van der Waals surface area contributed by atoms with Crippen molar-refractivity contribution < 1.29 is 38.0 Å². The van der Waals surface area contributed by atoms with Gasteiger partial charge in [0.2, 0.25) is 5.91 Å². The third kappa shape index (κ3) is 39.0. The van der Waals surface area contributed by atoms with Crippen LogP contribution in [0.4, 0.5) is 0 Å². The molecule has 0 aromatic heterocycles. The number of quaternary nitrogens is 1. The summed E-state index contributed by atoms with van der Waals surface area (Å²) < 4.78 is 23.1. The third-order valence-electron chi connectivity index (χ3n) is 9.64. The summed E-state index contributed by atoms with van der Waals surface area (Å²) in [5, 5.41) is 24.0. The van der Waals surface area contributed by atoms with E-state index in [4.69, 9.17) is 9.05 Å². The monoisotopic (exact) mass is 797 g/mol. The van der Waals surface area contributed by atoms with Gasteiger partial charge < -0.3 is 34.0 Å². The fraction of sp³-hybridized carbons (Fsp3) is 0.800. The van der Waals surface area contributed by atoms with Gasteiger partial charge in [-0.2, -0.15) is 0 Å². The molecule has 0 saturated carbocycles. The predicted molar refractivity (Wildman–Crippen MR) is 230 cm³/mol. The lowest BCUT2D eigenvalue weighted by Crippen LogP contribution is -2.45. The van der Waals surface area contributed by atoms with Crippen LogP contribution in [0.1, 0.15) is 174 Å². The molecule has 55 heavy (non-hydrogen) atoms. The van der Waals surface area contributed by atoms with E-state index in [-0.39, 0.29) is 18.9 Å². The topological polar surface area (TPSA) is 128 Å². The second-order valence-electron chi connectivity index (χ2n) is 16.3. The van der Waals surface area contributed by atoms with Gasteiger partial charge in [0, 0.05) is 6.42 Å². The van der Waals surface area contributed by atoms with Gasteiger partial charge in [-0.15, -0.1) is 0 Å². The molecular weight excluding hydrogens is 711 g/mol. The molecule has 0 aromatic carbocycles. The second kappa shape index (κ2) is 36.7. The number of phosphoric ester groups is 1. The van der Waals surface area contributed by atoms with Crippen molar-refractivity contribution in [3.8, 4) is 0 Å². The first-order valence-corrected chi connectivity index (χ1v) is 23.6. The first kappa shape index (κ1) is 53.4. The van der Waals surface area contributed by atoms with Gasteiger partial charge in [-0.25, -0.2) is 0 Å². The fourth-order valence-electron chi connectivity index (χ4n) is 6.04. The Morgan fingerprint density at radius 3 is 1.76 bits per heavy atom. The number of likely N-dealkylation sites (N-methyl/N-ethyl adjacent to an activating group) is 1. The summed E-state index contributed by atoms with van der Waals surface area (Å²) >= 11 is 0. The number of aliphatic hydroxyl groups excluding tert-OH is 2. The highest BCUT2D eigenvalue weighted by molar-refractivity contribution is 7.45. The summed E-state index contributed by atoms with van der Waals surface area (Å²) in [6, 6.07) is -0.977. The lowest BCUT2D eigenvalue weighted by atomic mass is 10.0. The highest BCUT2D eigenvalue weighted by Crippen LogP contribution is 2.38. The summed E-state index contributed by atoms with van der Waals surface area (Å²) in [6.45, 7) is 4.47. The Bertz CT molecular complexity index is 1060. The van der Waals surface area contributed by atoms with Crippen LogP contribution in [0.25, 0.3) is 0 Å². The average Bonchev–Trinajstić information content (AvgIpc) is 3.12. The van der Waals surface area contributed by atoms with Crippen LogP contribution >= 0.6 is 7.82 Å². The van der Waals surface area contributed by atoms with Crippen molar-refractivity contribution in [2.24, 2.45) is 0 Å². The average molecular weight is 797 g/mol. The van der Waals surface area contributed by atoms with Crippen molar-refractivity contribution in [3.63, 3.8) is 0 Å². The number of allylic oxidation sites excluding steroid dienone is 6.